The molecule has 0 radical (unpaired) electrons. The fourth-order valence-corrected chi connectivity index (χ4v) is 1.62. The minimum absolute atomic E-state index is 0.0707. The molecule has 0 fully saturated rings. The summed E-state index contributed by atoms with van der Waals surface area (Å²) in [5.41, 5.74) is 6.53. The molecule has 0 spiro atoms. The molecule has 4 N–H and O–H groups in total. The van der Waals surface area contributed by atoms with Crippen LogP contribution in [0.2, 0.25) is 0 Å². The second kappa shape index (κ2) is 5.57. The zero-order valence-electron chi connectivity index (χ0n) is 9.81. The van der Waals surface area contributed by atoms with Gasteiger partial charge in [0.1, 0.15) is 16.5 Å². The third-order valence-corrected chi connectivity index (χ3v) is 2.76. The lowest BCUT2D eigenvalue weighted by Crippen LogP contribution is -2.23. The fraction of sp³-hybridized carbons (Fsp3) is 0.0833. The third kappa shape index (κ3) is 3.14. The Kier molecular flexibility index (Phi) is 3.86. The summed E-state index contributed by atoms with van der Waals surface area (Å²) in [5.74, 6) is -0.814. The number of nitrogens with one attached hydrogen (secondary N) is 2. The summed E-state index contributed by atoms with van der Waals surface area (Å²) < 4.78 is 13.7. The minimum atomic E-state index is -0.463. The van der Waals surface area contributed by atoms with Gasteiger partial charge in [0.15, 0.2) is 0 Å². The fourth-order valence-electron chi connectivity index (χ4n) is 1.50. The molecule has 1 amide bonds. The summed E-state index contributed by atoms with van der Waals surface area (Å²) >= 11 is 4.76. The molecule has 7 heteroatoms. The summed E-state index contributed by atoms with van der Waals surface area (Å²) in [7, 11) is 0. The number of nitrogens with two attached hydrogens (primary N) is 1. The molecule has 5 nitrogen and oxygen atoms in total. The zero-order chi connectivity index (χ0) is 13.8. The summed E-state index contributed by atoms with van der Waals surface area (Å²) in [6.07, 6.45) is 1.46. The third-order valence-electron chi connectivity index (χ3n) is 2.52. The molecule has 0 aliphatic heterocycles. The van der Waals surface area contributed by atoms with Crippen molar-refractivity contribution in [3.8, 4) is 0 Å². The van der Waals surface area contributed by atoms with E-state index in [9.17, 15) is 9.18 Å². The van der Waals surface area contributed by atoms with E-state index in [1.807, 2.05) is 0 Å². The maximum atomic E-state index is 13.7. The number of hydrogen-bond acceptors (Lipinski definition) is 3. The lowest BCUT2D eigenvalue weighted by atomic mass is 10.1. The topological polar surface area (TPSA) is 83.8 Å². The Morgan fingerprint density at radius 2 is 2.26 bits per heavy atom. The maximum Gasteiger partial charge on any atom is 0.269 e. The first-order valence-corrected chi connectivity index (χ1v) is 5.84. The Balaban J connectivity index is 2.04. The zero-order valence-corrected chi connectivity index (χ0v) is 10.6. The first kappa shape index (κ1) is 13.2. The standard InChI is InChI=1S/C12H11FN4OS/c13-9-5-7(11(14)19)1-2-8(9)6-15-12(18)10-3-4-16-17-10/h1-5H,6H2,(H2,14,19)(H,15,18)(H,16,17). The normalized spacial score (nSPS) is 10.2. The predicted molar refractivity (Wildman–Crippen MR) is 72.0 cm³/mol. The number of halogens is 1. The summed E-state index contributed by atoms with van der Waals surface area (Å²) in [5, 5.41) is 8.76. The van der Waals surface area contributed by atoms with Gasteiger partial charge in [0, 0.05) is 23.9 Å². The monoisotopic (exact) mass is 278 g/mol. The molecule has 0 saturated heterocycles. The molecule has 98 valence electrons. The van der Waals surface area contributed by atoms with Crippen LogP contribution >= 0.6 is 12.2 Å². The Bertz CT molecular complexity index is 612. The Morgan fingerprint density at radius 3 is 2.84 bits per heavy atom. The van der Waals surface area contributed by atoms with Crippen molar-refractivity contribution in [1.29, 1.82) is 0 Å². The molecule has 1 heterocycles. The average Bonchev–Trinajstić information content (AvgIpc) is 2.90. The second-order valence-electron chi connectivity index (χ2n) is 3.82. The van der Waals surface area contributed by atoms with Crippen LogP contribution in [0.4, 0.5) is 4.39 Å². The van der Waals surface area contributed by atoms with Gasteiger partial charge in [0.25, 0.3) is 5.91 Å². The Labute approximate surface area is 114 Å². The van der Waals surface area contributed by atoms with Gasteiger partial charge in [-0.25, -0.2) is 4.39 Å². The van der Waals surface area contributed by atoms with Crippen molar-refractivity contribution in [2.24, 2.45) is 5.73 Å². The van der Waals surface area contributed by atoms with E-state index in [4.69, 9.17) is 18.0 Å². The number of H-pyrrole nitrogens is 1. The number of thiocarbonyl (C=S) groups is 1. The van der Waals surface area contributed by atoms with E-state index < -0.39 is 5.82 Å². The van der Waals surface area contributed by atoms with Gasteiger partial charge in [0.05, 0.1) is 0 Å². The maximum absolute atomic E-state index is 13.7. The van der Waals surface area contributed by atoms with Gasteiger partial charge in [-0.15, -0.1) is 0 Å². The average molecular weight is 278 g/mol. The highest BCUT2D eigenvalue weighted by atomic mass is 32.1. The lowest BCUT2D eigenvalue weighted by Gasteiger charge is -2.06. The van der Waals surface area contributed by atoms with E-state index in [0.29, 0.717) is 16.8 Å². The Hall–Kier alpha value is -2.28. The lowest BCUT2D eigenvalue weighted by molar-refractivity contribution is 0.0945. The highest BCUT2D eigenvalue weighted by Crippen LogP contribution is 2.10. The molecule has 0 aliphatic carbocycles. The van der Waals surface area contributed by atoms with Crippen LogP contribution in [0.5, 0.6) is 0 Å². The number of nitrogens with zero attached hydrogens (tertiary/aromatic N) is 1. The van der Waals surface area contributed by atoms with Gasteiger partial charge in [-0.2, -0.15) is 5.10 Å². The van der Waals surface area contributed by atoms with Crippen molar-refractivity contribution in [1.82, 2.24) is 15.5 Å². The van der Waals surface area contributed by atoms with E-state index in [-0.39, 0.29) is 17.4 Å². The summed E-state index contributed by atoms with van der Waals surface area (Å²) in [4.78, 5) is 11.8. The van der Waals surface area contributed by atoms with E-state index in [2.05, 4.69) is 15.5 Å². The smallest absolute Gasteiger partial charge is 0.269 e. The van der Waals surface area contributed by atoms with Crippen LogP contribution in [0.1, 0.15) is 21.6 Å². The van der Waals surface area contributed by atoms with Crippen molar-refractivity contribution in [3.05, 3.63) is 53.1 Å². The Morgan fingerprint density at radius 1 is 1.47 bits per heavy atom. The van der Waals surface area contributed by atoms with Crippen LogP contribution in [0.25, 0.3) is 0 Å². The van der Waals surface area contributed by atoms with Crippen LogP contribution in [0, 0.1) is 5.82 Å². The molecule has 1 aromatic carbocycles. The largest absolute Gasteiger partial charge is 0.389 e. The first-order chi connectivity index (χ1) is 9.08. The molecule has 0 saturated carbocycles. The van der Waals surface area contributed by atoms with E-state index in [1.165, 1.54) is 24.4 Å². The van der Waals surface area contributed by atoms with Crippen molar-refractivity contribution in [2.75, 3.05) is 0 Å². The van der Waals surface area contributed by atoms with Crippen LogP contribution in [0.3, 0.4) is 0 Å². The molecule has 0 aliphatic rings. The number of aromatic nitrogens is 2. The molecule has 2 aromatic rings. The quantitative estimate of drug-likeness (QED) is 0.732. The van der Waals surface area contributed by atoms with Gasteiger partial charge in [-0.3, -0.25) is 9.89 Å². The van der Waals surface area contributed by atoms with E-state index >= 15 is 0 Å². The van der Waals surface area contributed by atoms with Gasteiger partial charge >= 0.3 is 0 Å². The van der Waals surface area contributed by atoms with Crippen molar-refractivity contribution < 1.29 is 9.18 Å². The minimum Gasteiger partial charge on any atom is -0.389 e. The van der Waals surface area contributed by atoms with Gasteiger partial charge in [-0.1, -0.05) is 24.4 Å². The van der Waals surface area contributed by atoms with E-state index in [1.54, 1.807) is 6.07 Å². The number of aromatic amines is 1. The van der Waals surface area contributed by atoms with Crippen LogP contribution in [-0.2, 0) is 6.54 Å². The number of amides is 1. The number of carbonyl (C=O) groups is 1. The second-order valence-corrected chi connectivity index (χ2v) is 4.26. The molecule has 0 unspecified atom stereocenters. The highest BCUT2D eigenvalue weighted by Gasteiger charge is 2.09. The van der Waals surface area contributed by atoms with Crippen LogP contribution in [-0.4, -0.2) is 21.1 Å². The van der Waals surface area contributed by atoms with Crippen LogP contribution < -0.4 is 11.1 Å². The van der Waals surface area contributed by atoms with Crippen molar-refractivity contribution >= 4 is 23.1 Å². The van der Waals surface area contributed by atoms with Gasteiger partial charge in [0.2, 0.25) is 0 Å². The van der Waals surface area contributed by atoms with Crippen molar-refractivity contribution in [2.45, 2.75) is 6.54 Å². The summed E-state index contributed by atoms with van der Waals surface area (Å²) in [6, 6.07) is 5.93. The summed E-state index contributed by atoms with van der Waals surface area (Å²) in [6.45, 7) is 0.0707. The number of rotatable bonds is 4. The molecule has 0 bridgehead atoms. The van der Waals surface area contributed by atoms with E-state index in [0.717, 1.165) is 0 Å². The molecular weight excluding hydrogens is 267 g/mol. The molecular formula is C12H11FN4OS. The SMILES string of the molecule is NC(=S)c1ccc(CNC(=O)c2ccn[nH]2)c(F)c1. The van der Waals surface area contributed by atoms with Gasteiger partial charge in [-0.05, 0) is 12.1 Å². The first-order valence-electron chi connectivity index (χ1n) is 5.43. The number of carbonyl (C=O) groups excluding carboxylic acids is 1. The molecule has 1 aromatic heterocycles. The molecule has 19 heavy (non-hydrogen) atoms. The number of hydrogen-bond donors (Lipinski definition) is 3. The predicted octanol–water partition coefficient (Wildman–Crippen LogP) is 1.11. The van der Waals surface area contributed by atoms with Crippen molar-refractivity contribution in [3.63, 3.8) is 0 Å². The number of benzene rings is 1. The highest BCUT2D eigenvalue weighted by molar-refractivity contribution is 7.80. The molecule has 2 rings (SSSR count). The molecule has 0 atom stereocenters. The van der Waals surface area contributed by atoms with Crippen LogP contribution in [0.15, 0.2) is 30.5 Å². The van der Waals surface area contributed by atoms with Gasteiger partial charge < -0.3 is 11.1 Å².